The van der Waals surface area contributed by atoms with Gasteiger partial charge in [0.1, 0.15) is 5.75 Å². The summed E-state index contributed by atoms with van der Waals surface area (Å²) in [5.41, 5.74) is 0.875. The summed E-state index contributed by atoms with van der Waals surface area (Å²) in [4.78, 5) is 25.8. The van der Waals surface area contributed by atoms with Crippen molar-refractivity contribution in [2.75, 3.05) is 0 Å². The van der Waals surface area contributed by atoms with Crippen LogP contribution in [0.5, 0.6) is 5.75 Å². The van der Waals surface area contributed by atoms with E-state index >= 15 is 0 Å². The Balaban J connectivity index is 2.37. The first-order valence-corrected chi connectivity index (χ1v) is 9.88. The molecule has 1 aromatic heterocycles. The number of rotatable bonds is 5. The van der Waals surface area contributed by atoms with E-state index in [1.54, 1.807) is 44.2 Å². The van der Waals surface area contributed by atoms with Gasteiger partial charge in [0.15, 0.2) is 0 Å². The van der Waals surface area contributed by atoms with Crippen molar-refractivity contribution in [2.45, 2.75) is 39.5 Å². The fourth-order valence-corrected chi connectivity index (χ4v) is 4.14. The van der Waals surface area contributed by atoms with E-state index in [1.165, 1.54) is 16.7 Å². The van der Waals surface area contributed by atoms with E-state index < -0.39 is 11.4 Å². The van der Waals surface area contributed by atoms with Crippen molar-refractivity contribution < 1.29 is 19.8 Å². The average Bonchev–Trinajstić information content (AvgIpc) is 2.97. The largest absolute Gasteiger partial charge is 0.508 e. The van der Waals surface area contributed by atoms with E-state index in [2.05, 4.69) is 0 Å². The van der Waals surface area contributed by atoms with E-state index in [4.69, 9.17) is 11.6 Å². The molecule has 152 valence electrons. The molecule has 2 N–H and O–H groups in total. The molecule has 0 fully saturated rings. The van der Waals surface area contributed by atoms with Crippen molar-refractivity contribution >= 4 is 34.4 Å². The van der Waals surface area contributed by atoms with E-state index in [0.717, 1.165) is 0 Å². The molecular weight excluding hydrogens is 390 g/mol. The van der Waals surface area contributed by atoms with E-state index in [1.807, 2.05) is 13.8 Å². The maximum atomic E-state index is 13.3. The number of hydrogen-bond donors (Lipinski definition) is 2. The lowest BCUT2D eigenvalue weighted by Gasteiger charge is -2.32. The molecule has 3 aromatic rings. The highest BCUT2D eigenvalue weighted by molar-refractivity contribution is 6.30. The first-order chi connectivity index (χ1) is 13.6. The lowest BCUT2D eigenvalue weighted by atomic mass is 9.70. The van der Waals surface area contributed by atoms with Crippen LogP contribution in [0.4, 0.5) is 0 Å². The van der Waals surface area contributed by atoms with Crippen LogP contribution in [0, 0.1) is 12.8 Å². The van der Waals surface area contributed by atoms with E-state index in [9.17, 15) is 19.8 Å². The zero-order valence-corrected chi connectivity index (χ0v) is 17.6. The third kappa shape index (κ3) is 3.29. The quantitative estimate of drug-likeness (QED) is 0.588. The number of aromatic hydroxyl groups is 1. The molecule has 0 aliphatic rings. The van der Waals surface area contributed by atoms with Gasteiger partial charge in [-0.05, 0) is 67.8 Å². The molecule has 3 rings (SSSR count). The lowest BCUT2D eigenvalue weighted by molar-refractivity contribution is -0.145. The number of carboxylic acid groups (broad SMARTS) is 1. The molecule has 0 saturated heterocycles. The minimum Gasteiger partial charge on any atom is -0.508 e. The first kappa shape index (κ1) is 20.9. The van der Waals surface area contributed by atoms with Crippen LogP contribution in [0.1, 0.15) is 48.8 Å². The molecule has 5 nitrogen and oxygen atoms in total. The van der Waals surface area contributed by atoms with Crippen molar-refractivity contribution in [3.8, 4) is 5.75 Å². The molecule has 2 atom stereocenters. The van der Waals surface area contributed by atoms with Gasteiger partial charge in [0, 0.05) is 21.7 Å². The Morgan fingerprint density at radius 1 is 1.17 bits per heavy atom. The molecule has 29 heavy (non-hydrogen) atoms. The van der Waals surface area contributed by atoms with Gasteiger partial charge in [0.2, 0.25) is 0 Å². The number of aromatic nitrogens is 1. The third-order valence-corrected chi connectivity index (χ3v) is 6.30. The fraction of sp³-hybridized carbons (Fsp3) is 0.304. The van der Waals surface area contributed by atoms with Crippen molar-refractivity contribution in [1.29, 1.82) is 0 Å². The molecule has 6 heteroatoms. The molecular formula is C23H24ClNO4. The van der Waals surface area contributed by atoms with Crippen molar-refractivity contribution in [3.63, 3.8) is 0 Å². The van der Waals surface area contributed by atoms with Crippen LogP contribution < -0.4 is 0 Å². The molecule has 1 unspecified atom stereocenters. The third-order valence-electron chi connectivity index (χ3n) is 6.04. The number of carbonyl (C=O) groups excluding carboxylic acids is 1. The van der Waals surface area contributed by atoms with Gasteiger partial charge in [0.25, 0.3) is 5.91 Å². The monoisotopic (exact) mass is 413 g/mol. The zero-order valence-electron chi connectivity index (χ0n) is 16.9. The molecule has 0 radical (unpaired) electrons. The molecule has 0 amide bonds. The fourth-order valence-electron chi connectivity index (χ4n) is 4.02. The van der Waals surface area contributed by atoms with Crippen LogP contribution in [0.2, 0.25) is 5.02 Å². The summed E-state index contributed by atoms with van der Waals surface area (Å²) in [5, 5.41) is 21.3. The highest BCUT2D eigenvalue weighted by Crippen LogP contribution is 2.43. The van der Waals surface area contributed by atoms with Gasteiger partial charge in [-0.3, -0.25) is 14.2 Å². The number of carbonyl (C=O) groups is 2. The maximum absolute atomic E-state index is 13.3. The average molecular weight is 414 g/mol. The predicted octanol–water partition coefficient (Wildman–Crippen LogP) is 5.39. The Kier molecular flexibility index (Phi) is 5.46. The maximum Gasteiger partial charge on any atom is 0.314 e. The van der Waals surface area contributed by atoms with Gasteiger partial charge in [0.05, 0.1) is 10.9 Å². The Bertz CT molecular complexity index is 1100. The molecule has 2 aromatic carbocycles. The van der Waals surface area contributed by atoms with Crippen molar-refractivity contribution in [2.24, 2.45) is 5.92 Å². The summed E-state index contributed by atoms with van der Waals surface area (Å²) < 4.78 is 1.52. The standard InChI is InChI=1S/C23H24ClNO4/c1-5-13(2)23(4,22(28)29)20-14(3)25(19-11-10-17(26)12-18(19)20)21(27)15-6-8-16(24)9-7-15/h6-13,26H,5H2,1-4H3,(H,28,29)/t13?,23-/m0/s1. The number of phenolic OH excluding ortho intramolecular Hbond substituents is 1. The highest BCUT2D eigenvalue weighted by atomic mass is 35.5. The number of phenols is 1. The van der Waals surface area contributed by atoms with Gasteiger partial charge < -0.3 is 10.2 Å². The van der Waals surface area contributed by atoms with Crippen molar-refractivity contribution in [1.82, 2.24) is 4.57 Å². The summed E-state index contributed by atoms with van der Waals surface area (Å²) in [6.45, 7) is 7.27. The van der Waals surface area contributed by atoms with E-state index in [0.29, 0.717) is 39.2 Å². The molecule has 0 aliphatic heterocycles. The Morgan fingerprint density at radius 2 is 1.79 bits per heavy atom. The number of nitrogens with zero attached hydrogens (tertiary/aromatic N) is 1. The number of fused-ring (bicyclic) bond motifs is 1. The van der Waals surface area contributed by atoms with Crippen LogP contribution in [-0.4, -0.2) is 26.7 Å². The number of halogens is 1. The van der Waals surface area contributed by atoms with E-state index in [-0.39, 0.29) is 17.6 Å². The summed E-state index contributed by atoms with van der Waals surface area (Å²) in [5.74, 6) is -1.41. The summed E-state index contributed by atoms with van der Waals surface area (Å²) in [6, 6.07) is 11.2. The smallest absolute Gasteiger partial charge is 0.314 e. The topological polar surface area (TPSA) is 79.5 Å². The lowest BCUT2D eigenvalue weighted by Crippen LogP contribution is -2.39. The second kappa shape index (κ2) is 7.56. The highest BCUT2D eigenvalue weighted by Gasteiger charge is 2.44. The van der Waals surface area contributed by atoms with Crippen LogP contribution >= 0.6 is 11.6 Å². The zero-order chi connectivity index (χ0) is 21.5. The van der Waals surface area contributed by atoms with Crippen LogP contribution in [0.3, 0.4) is 0 Å². The number of carboxylic acids is 1. The summed E-state index contributed by atoms with van der Waals surface area (Å²) in [7, 11) is 0. The minimum atomic E-state index is -1.23. The Hall–Kier alpha value is -2.79. The second-order valence-electron chi connectivity index (χ2n) is 7.63. The molecule has 0 spiro atoms. The summed E-state index contributed by atoms with van der Waals surface area (Å²) >= 11 is 5.94. The molecule has 1 heterocycles. The number of hydrogen-bond acceptors (Lipinski definition) is 3. The Labute approximate surface area is 174 Å². The number of aliphatic carboxylic acids is 1. The van der Waals surface area contributed by atoms with Gasteiger partial charge in [-0.25, -0.2) is 0 Å². The predicted molar refractivity (Wildman–Crippen MR) is 114 cm³/mol. The molecule has 0 aliphatic carbocycles. The van der Waals surface area contributed by atoms with Crippen LogP contribution in [-0.2, 0) is 10.2 Å². The first-order valence-electron chi connectivity index (χ1n) is 9.51. The molecule has 0 saturated carbocycles. The van der Waals surface area contributed by atoms with Gasteiger partial charge in [-0.15, -0.1) is 0 Å². The van der Waals surface area contributed by atoms with Gasteiger partial charge >= 0.3 is 5.97 Å². The van der Waals surface area contributed by atoms with Gasteiger partial charge in [-0.2, -0.15) is 0 Å². The minimum absolute atomic E-state index is 0.0201. The molecule has 0 bridgehead atoms. The van der Waals surface area contributed by atoms with Crippen molar-refractivity contribution in [3.05, 3.63) is 64.3 Å². The SMILES string of the molecule is CCC(C)[C@](C)(C(=O)O)c1c(C)n(C(=O)c2ccc(Cl)cc2)c2ccc(O)cc12. The second-order valence-corrected chi connectivity index (χ2v) is 8.06. The Morgan fingerprint density at radius 3 is 2.34 bits per heavy atom. The van der Waals surface area contributed by atoms with Crippen LogP contribution in [0.25, 0.3) is 10.9 Å². The number of benzene rings is 2. The van der Waals surface area contributed by atoms with Crippen LogP contribution in [0.15, 0.2) is 42.5 Å². The van der Waals surface area contributed by atoms with Gasteiger partial charge in [-0.1, -0.05) is 31.9 Å². The summed E-state index contributed by atoms with van der Waals surface area (Å²) in [6.07, 6.45) is 0.652. The normalized spacial score (nSPS) is 14.5.